The number of carbonyl (C=O) groups is 1. The number of carbonyl (C=O) groups excluding carboxylic acids is 1. The van der Waals surface area contributed by atoms with Gasteiger partial charge in [0.15, 0.2) is 0 Å². The first-order valence-electron chi connectivity index (χ1n) is 6.41. The highest BCUT2D eigenvalue weighted by molar-refractivity contribution is 9.10. The molecule has 0 radical (unpaired) electrons. The van der Waals surface area contributed by atoms with E-state index in [1.807, 2.05) is 6.07 Å². The summed E-state index contributed by atoms with van der Waals surface area (Å²) >= 11 is 15.6. The summed E-state index contributed by atoms with van der Waals surface area (Å²) in [5.41, 5.74) is 8.43. The van der Waals surface area contributed by atoms with E-state index in [0.717, 1.165) is 4.47 Å². The molecule has 23 heavy (non-hydrogen) atoms. The van der Waals surface area contributed by atoms with Gasteiger partial charge in [-0.15, -0.1) is 0 Å². The average molecular weight is 417 g/mol. The van der Waals surface area contributed by atoms with Gasteiger partial charge in [0.2, 0.25) is 0 Å². The summed E-state index contributed by atoms with van der Waals surface area (Å²) in [6.45, 7) is 0.199. The van der Waals surface area contributed by atoms with Crippen LogP contribution in [0.2, 0.25) is 10.0 Å². The number of hydrogen-bond acceptors (Lipinski definition) is 3. The molecule has 0 atom stereocenters. The van der Waals surface area contributed by atoms with Crippen LogP contribution >= 0.6 is 39.1 Å². The Balaban J connectivity index is 2.19. The molecule has 8 heteroatoms. The third-order valence-electron chi connectivity index (χ3n) is 2.78. The van der Waals surface area contributed by atoms with Crippen molar-refractivity contribution < 1.29 is 9.53 Å². The summed E-state index contributed by atoms with van der Waals surface area (Å²) in [5.74, 6) is 0.555. The number of nitrogens with one attached hydrogen (secondary N) is 1. The zero-order valence-corrected chi connectivity index (χ0v) is 14.8. The van der Waals surface area contributed by atoms with E-state index >= 15 is 0 Å². The summed E-state index contributed by atoms with van der Waals surface area (Å²) in [6, 6.07) is 9.88. The zero-order chi connectivity index (χ0) is 16.8. The lowest BCUT2D eigenvalue weighted by molar-refractivity contribution is 0.249. The number of amides is 2. The van der Waals surface area contributed by atoms with E-state index in [9.17, 15) is 4.79 Å². The van der Waals surface area contributed by atoms with Crippen LogP contribution < -0.4 is 15.9 Å². The Labute approximate surface area is 151 Å². The number of halogens is 3. The molecule has 0 spiro atoms. The topological polar surface area (TPSA) is 76.7 Å². The van der Waals surface area contributed by atoms with Crippen LogP contribution in [0, 0.1) is 0 Å². The molecule has 2 rings (SSSR count). The van der Waals surface area contributed by atoms with E-state index in [0.29, 0.717) is 26.9 Å². The third kappa shape index (κ3) is 5.13. The van der Waals surface area contributed by atoms with Crippen molar-refractivity contribution in [3.05, 3.63) is 62.0 Å². The molecule has 0 fully saturated rings. The van der Waals surface area contributed by atoms with Crippen molar-refractivity contribution >= 4 is 51.4 Å². The molecule has 2 amide bonds. The molecule has 0 aliphatic carbocycles. The van der Waals surface area contributed by atoms with Crippen LogP contribution in [0.4, 0.5) is 4.79 Å². The van der Waals surface area contributed by atoms with Crippen LogP contribution in [0.3, 0.4) is 0 Å². The fourth-order valence-electron chi connectivity index (χ4n) is 1.74. The highest BCUT2D eigenvalue weighted by atomic mass is 79.9. The third-order valence-corrected chi connectivity index (χ3v) is 3.99. The zero-order valence-electron chi connectivity index (χ0n) is 11.7. The van der Waals surface area contributed by atoms with Gasteiger partial charge in [0.25, 0.3) is 0 Å². The molecular weight excluding hydrogens is 405 g/mol. The maximum atomic E-state index is 10.7. The van der Waals surface area contributed by atoms with Gasteiger partial charge in [-0.05, 0) is 30.3 Å². The standard InChI is InChI=1S/C15H12BrCl2N3O2/c16-10-4-5-14(9(6-10)7-20-21-15(19)22)23-8-11-12(17)2-1-3-13(11)18/h1-7H,8H2,(H3,19,21,22). The van der Waals surface area contributed by atoms with E-state index in [-0.39, 0.29) is 6.61 Å². The van der Waals surface area contributed by atoms with Gasteiger partial charge in [-0.3, -0.25) is 0 Å². The summed E-state index contributed by atoms with van der Waals surface area (Å²) in [4.78, 5) is 10.7. The van der Waals surface area contributed by atoms with Crippen LogP contribution in [-0.4, -0.2) is 12.2 Å². The summed E-state index contributed by atoms with van der Waals surface area (Å²) in [6.07, 6.45) is 1.43. The lowest BCUT2D eigenvalue weighted by atomic mass is 10.2. The molecule has 3 N–H and O–H groups in total. The van der Waals surface area contributed by atoms with Crippen molar-refractivity contribution in [1.82, 2.24) is 5.43 Å². The van der Waals surface area contributed by atoms with E-state index in [1.54, 1.807) is 30.3 Å². The second kappa shape index (κ2) is 8.19. The van der Waals surface area contributed by atoms with Crippen LogP contribution in [0.15, 0.2) is 46.0 Å². The second-order valence-electron chi connectivity index (χ2n) is 4.41. The summed E-state index contributed by atoms with van der Waals surface area (Å²) in [5, 5.41) is 4.79. The first-order chi connectivity index (χ1) is 11.0. The monoisotopic (exact) mass is 415 g/mol. The highest BCUT2D eigenvalue weighted by Crippen LogP contribution is 2.27. The summed E-state index contributed by atoms with van der Waals surface area (Å²) < 4.78 is 6.61. The molecule has 0 unspecified atom stereocenters. The predicted molar refractivity (Wildman–Crippen MR) is 95.2 cm³/mol. The molecule has 0 bridgehead atoms. The van der Waals surface area contributed by atoms with Crippen molar-refractivity contribution in [2.45, 2.75) is 6.61 Å². The molecule has 0 heterocycles. The van der Waals surface area contributed by atoms with E-state index in [4.69, 9.17) is 33.7 Å². The minimum absolute atomic E-state index is 0.199. The minimum atomic E-state index is -0.749. The molecule has 0 aliphatic rings. The molecular formula is C15H12BrCl2N3O2. The Morgan fingerprint density at radius 2 is 2.00 bits per heavy atom. The quantitative estimate of drug-likeness (QED) is 0.561. The number of urea groups is 1. The van der Waals surface area contributed by atoms with Gasteiger partial charge in [-0.1, -0.05) is 45.2 Å². The van der Waals surface area contributed by atoms with Gasteiger partial charge >= 0.3 is 6.03 Å². The fraction of sp³-hybridized carbons (Fsp3) is 0.0667. The van der Waals surface area contributed by atoms with Crippen LogP contribution in [0.5, 0.6) is 5.75 Å². The number of hydrogen-bond donors (Lipinski definition) is 2. The SMILES string of the molecule is NC(=O)NN=Cc1cc(Br)ccc1OCc1c(Cl)cccc1Cl. The van der Waals surface area contributed by atoms with E-state index in [2.05, 4.69) is 26.5 Å². The Morgan fingerprint density at radius 3 is 2.65 bits per heavy atom. The largest absolute Gasteiger partial charge is 0.488 e. The number of primary amides is 1. The van der Waals surface area contributed by atoms with Gasteiger partial charge in [0.1, 0.15) is 12.4 Å². The van der Waals surface area contributed by atoms with E-state index in [1.165, 1.54) is 6.21 Å². The van der Waals surface area contributed by atoms with Crippen molar-refractivity contribution in [3.8, 4) is 5.75 Å². The first-order valence-corrected chi connectivity index (χ1v) is 7.96. The Bertz CT molecular complexity index is 733. The van der Waals surface area contributed by atoms with Gasteiger partial charge in [0, 0.05) is 25.6 Å². The van der Waals surface area contributed by atoms with Crippen molar-refractivity contribution in [3.63, 3.8) is 0 Å². The Hall–Kier alpha value is -1.76. The average Bonchev–Trinajstić information content (AvgIpc) is 2.48. The smallest absolute Gasteiger partial charge is 0.332 e. The first kappa shape index (κ1) is 17.6. The normalized spacial score (nSPS) is 10.7. The number of rotatable bonds is 5. The number of benzene rings is 2. The molecule has 0 saturated heterocycles. The van der Waals surface area contributed by atoms with Crippen molar-refractivity contribution in [1.29, 1.82) is 0 Å². The Morgan fingerprint density at radius 1 is 1.30 bits per heavy atom. The van der Waals surface area contributed by atoms with Gasteiger partial charge < -0.3 is 10.5 Å². The predicted octanol–water partition coefficient (Wildman–Crippen LogP) is 4.34. The van der Waals surface area contributed by atoms with Crippen molar-refractivity contribution in [2.75, 3.05) is 0 Å². The Kier molecular flexibility index (Phi) is 6.27. The molecule has 0 saturated carbocycles. The van der Waals surface area contributed by atoms with Crippen LogP contribution in [0.25, 0.3) is 0 Å². The molecule has 120 valence electrons. The fourth-order valence-corrected chi connectivity index (χ4v) is 2.62. The molecule has 0 aromatic heterocycles. The lowest BCUT2D eigenvalue weighted by Gasteiger charge is -2.11. The second-order valence-corrected chi connectivity index (χ2v) is 6.14. The van der Waals surface area contributed by atoms with Crippen LogP contribution in [-0.2, 0) is 6.61 Å². The lowest BCUT2D eigenvalue weighted by Crippen LogP contribution is -2.24. The number of nitrogens with zero attached hydrogens (tertiary/aromatic N) is 1. The van der Waals surface area contributed by atoms with Crippen LogP contribution in [0.1, 0.15) is 11.1 Å². The minimum Gasteiger partial charge on any atom is -0.488 e. The maximum absolute atomic E-state index is 10.7. The number of hydrazone groups is 1. The van der Waals surface area contributed by atoms with Gasteiger partial charge in [-0.25, -0.2) is 10.2 Å². The molecule has 2 aromatic carbocycles. The highest BCUT2D eigenvalue weighted by Gasteiger charge is 2.08. The summed E-state index contributed by atoms with van der Waals surface area (Å²) in [7, 11) is 0. The molecule has 2 aromatic rings. The molecule has 0 aliphatic heterocycles. The number of nitrogens with two attached hydrogens (primary N) is 1. The van der Waals surface area contributed by atoms with Gasteiger partial charge in [-0.2, -0.15) is 5.10 Å². The number of ether oxygens (including phenoxy) is 1. The van der Waals surface area contributed by atoms with Crippen molar-refractivity contribution in [2.24, 2.45) is 10.8 Å². The maximum Gasteiger partial charge on any atom is 0.332 e. The van der Waals surface area contributed by atoms with Gasteiger partial charge in [0.05, 0.1) is 6.21 Å². The molecule has 5 nitrogen and oxygen atoms in total. The van der Waals surface area contributed by atoms with E-state index < -0.39 is 6.03 Å².